The fourth-order valence-corrected chi connectivity index (χ4v) is 2.33. The standard InChI is InChI=1S/C12H16ClN3O3S/c1-12(2,9(14)11(18)19)20-6-8(17)16-7-4-3-5-15-10(7)13/h3-5,9H,6,14H2,1-2H3,(H,16,17)(H,18,19)/t9-/m0/s1. The van der Waals surface area contributed by atoms with Gasteiger partial charge in [0.2, 0.25) is 5.91 Å². The Bertz CT molecular complexity index is 510. The van der Waals surface area contributed by atoms with Gasteiger partial charge in [-0.15, -0.1) is 11.8 Å². The third-order valence-corrected chi connectivity index (χ3v) is 4.33. The summed E-state index contributed by atoms with van der Waals surface area (Å²) in [6.07, 6.45) is 1.52. The van der Waals surface area contributed by atoms with Gasteiger partial charge in [0, 0.05) is 10.9 Å². The molecule has 0 fully saturated rings. The number of nitrogens with zero attached hydrogens (tertiary/aromatic N) is 1. The van der Waals surface area contributed by atoms with Crippen molar-refractivity contribution in [1.29, 1.82) is 0 Å². The van der Waals surface area contributed by atoms with Crippen molar-refractivity contribution in [3.8, 4) is 0 Å². The van der Waals surface area contributed by atoms with Gasteiger partial charge in [0.1, 0.15) is 6.04 Å². The van der Waals surface area contributed by atoms with Gasteiger partial charge >= 0.3 is 5.97 Å². The normalized spacial score (nSPS) is 12.8. The summed E-state index contributed by atoms with van der Waals surface area (Å²) in [5.41, 5.74) is 5.99. The van der Waals surface area contributed by atoms with Crippen molar-refractivity contribution in [2.45, 2.75) is 24.6 Å². The van der Waals surface area contributed by atoms with Crippen molar-refractivity contribution in [2.24, 2.45) is 5.73 Å². The molecule has 1 amide bonds. The number of nitrogens with two attached hydrogens (primary N) is 1. The number of pyridine rings is 1. The number of carboxylic acid groups (broad SMARTS) is 1. The number of amides is 1. The summed E-state index contributed by atoms with van der Waals surface area (Å²) >= 11 is 6.99. The van der Waals surface area contributed by atoms with Crippen molar-refractivity contribution in [1.82, 2.24) is 4.98 Å². The molecule has 0 radical (unpaired) electrons. The second-order valence-corrected chi connectivity index (χ2v) is 6.59. The van der Waals surface area contributed by atoms with Crippen LogP contribution in [0.2, 0.25) is 5.15 Å². The Balaban J connectivity index is 2.56. The Hall–Kier alpha value is -1.31. The number of hydrogen-bond acceptors (Lipinski definition) is 5. The number of hydrogen-bond donors (Lipinski definition) is 3. The zero-order valence-corrected chi connectivity index (χ0v) is 12.7. The van der Waals surface area contributed by atoms with Gasteiger partial charge in [0.15, 0.2) is 5.15 Å². The second kappa shape index (κ2) is 6.92. The Morgan fingerprint density at radius 1 is 1.60 bits per heavy atom. The molecule has 0 unspecified atom stereocenters. The van der Waals surface area contributed by atoms with Crippen LogP contribution in [0.1, 0.15) is 13.8 Å². The summed E-state index contributed by atoms with van der Waals surface area (Å²) in [6, 6.07) is 2.23. The zero-order chi connectivity index (χ0) is 15.3. The van der Waals surface area contributed by atoms with E-state index in [9.17, 15) is 9.59 Å². The van der Waals surface area contributed by atoms with E-state index >= 15 is 0 Å². The van der Waals surface area contributed by atoms with E-state index in [4.69, 9.17) is 22.4 Å². The van der Waals surface area contributed by atoms with E-state index in [1.54, 1.807) is 26.0 Å². The lowest BCUT2D eigenvalue weighted by molar-refractivity contribution is -0.139. The van der Waals surface area contributed by atoms with Gasteiger partial charge in [-0.25, -0.2) is 4.98 Å². The summed E-state index contributed by atoms with van der Waals surface area (Å²) in [4.78, 5) is 26.5. The molecule has 1 atom stereocenters. The first-order chi connectivity index (χ1) is 9.24. The van der Waals surface area contributed by atoms with Crippen molar-refractivity contribution >= 4 is 40.9 Å². The smallest absolute Gasteiger partial charge is 0.321 e. The van der Waals surface area contributed by atoms with E-state index in [2.05, 4.69) is 10.3 Å². The molecule has 1 heterocycles. The number of aliphatic carboxylic acids is 1. The minimum Gasteiger partial charge on any atom is -0.480 e. The lowest BCUT2D eigenvalue weighted by Gasteiger charge is -2.27. The number of carbonyl (C=O) groups is 2. The average Bonchev–Trinajstić information content (AvgIpc) is 2.38. The Labute approximate surface area is 126 Å². The van der Waals surface area contributed by atoms with Crippen LogP contribution in [0.5, 0.6) is 0 Å². The minimum atomic E-state index is -1.10. The van der Waals surface area contributed by atoms with Crippen LogP contribution in [0.15, 0.2) is 18.3 Å². The molecule has 1 rings (SSSR count). The predicted octanol–water partition coefficient (Wildman–Crippen LogP) is 1.60. The first-order valence-electron chi connectivity index (χ1n) is 5.77. The van der Waals surface area contributed by atoms with E-state index in [0.29, 0.717) is 5.69 Å². The summed E-state index contributed by atoms with van der Waals surface area (Å²) < 4.78 is -0.762. The Morgan fingerprint density at radius 2 is 2.25 bits per heavy atom. The van der Waals surface area contributed by atoms with E-state index in [-0.39, 0.29) is 16.8 Å². The molecule has 0 bridgehead atoms. The highest BCUT2D eigenvalue weighted by Gasteiger charge is 2.33. The lowest BCUT2D eigenvalue weighted by Crippen LogP contribution is -2.47. The number of carbonyl (C=O) groups excluding carboxylic acids is 1. The van der Waals surface area contributed by atoms with Crippen LogP contribution >= 0.6 is 23.4 Å². The molecule has 0 aliphatic carbocycles. The third kappa shape index (κ3) is 4.66. The van der Waals surface area contributed by atoms with Gasteiger partial charge in [-0.05, 0) is 26.0 Å². The minimum absolute atomic E-state index is 0.0687. The molecular weight excluding hydrogens is 302 g/mol. The number of aromatic nitrogens is 1. The number of thioether (sulfide) groups is 1. The van der Waals surface area contributed by atoms with E-state index in [1.807, 2.05) is 0 Å². The molecule has 6 nitrogen and oxygen atoms in total. The molecule has 0 saturated heterocycles. The molecule has 0 aliphatic rings. The number of rotatable bonds is 6. The third-order valence-electron chi connectivity index (χ3n) is 2.62. The van der Waals surface area contributed by atoms with E-state index in [1.165, 1.54) is 18.0 Å². The molecule has 20 heavy (non-hydrogen) atoms. The SMILES string of the molecule is CC(C)(SCC(=O)Nc1cccnc1Cl)[C@@H](N)C(=O)O. The van der Waals surface area contributed by atoms with Gasteiger partial charge in [-0.1, -0.05) is 11.6 Å². The van der Waals surface area contributed by atoms with Gasteiger partial charge in [0.05, 0.1) is 11.4 Å². The second-order valence-electron chi connectivity index (χ2n) is 4.60. The number of nitrogens with one attached hydrogen (secondary N) is 1. The maximum absolute atomic E-state index is 11.8. The van der Waals surface area contributed by atoms with Crippen molar-refractivity contribution < 1.29 is 14.7 Å². The van der Waals surface area contributed by atoms with Crippen LogP contribution in [0.25, 0.3) is 0 Å². The quantitative estimate of drug-likeness (QED) is 0.688. The highest BCUT2D eigenvalue weighted by molar-refractivity contribution is 8.01. The highest BCUT2D eigenvalue weighted by atomic mass is 35.5. The van der Waals surface area contributed by atoms with E-state index in [0.717, 1.165) is 0 Å². The lowest BCUT2D eigenvalue weighted by atomic mass is 10.1. The first kappa shape index (κ1) is 16.7. The Morgan fingerprint density at radius 3 is 2.80 bits per heavy atom. The molecule has 1 aromatic heterocycles. The molecule has 0 aromatic carbocycles. The van der Waals surface area contributed by atoms with Gasteiger partial charge in [-0.3, -0.25) is 9.59 Å². The van der Waals surface area contributed by atoms with Gasteiger partial charge in [-0.2, -0.15) is 0 Å². The highest BCUT2D eigenvalue weighted by Crippen LogP contribution is 2.27. The molecule has 0 spiro atoms. The number of halogens is 1. The number of carboxylic acids is 1. The predicted molar refractivity (Wildman–Crippen MR) is 80.0 cm³/mol. The molecule has 0 saturated carbocycles. The zero-order valence-electron chi connectivity index (χ0n) is 11.1. The maximum Gasteiger partial charge on any atom is 0.321 e. The molecular formula is C12H16ClN3O3S. The van der Waals surface area contributed by atoms with Crippen LogP contribution in [-0.4, -0.2) is 38.5 Å². The first-order valence-corrected chi connectivity index (χ1v) is 7.13. The molecule has 8 heteroatoms. The van der Waals surface area contributed by atoms with Crippen LogP contribution in [0, 0.1) is 0 Å². The van der Waals surface area contributed by atoms with Crippen LogP contribution in [0.4, 0.5) is 5.69 Å². The van der Waals surface area contributed by atoms with Crippen LogP contribution in [-0.2, 0) is 9.59 Å². The summed E-state index contributed by atoms with van der Waals surface area (Å²) in [5, 5.41) is 11.7. The average molecular weight is 318 g/mol. The van der Waals surface area contributed by atoms with E-state index < -0.39 is 16.8 Å². The van der Waals surface area contributed by atoms with Crippen molar-refractivity contribution in [3.05, 3.63) is 23.5 Å². The van der Waals surface area contributed by atoms with Gasteiger partial charge in [0.25, 0.3) is 0 Å². The van der Waals surface area contributed by atoms with Crippen LogP contribution < -0.4 is 11.1 Å². The van der Waals surface area contributed by atoms with Gasteiger partial charge < -0.3 is 16.2 Å². The molecule has 4 N–H and O–H groups in total. The fraction of sp³-hybridized carbons (Fsp3) is 0.417. The number of anilines is 1. The summed E-state index contributed by atoms with van der Waals surface area (Å²) in [7, 11) is 0. The largest absolute Gasteiger partial charge is 0.480 e. The monoisotopic (exact) mass is 317 g/mol. The van der Waals surface area contributed by atoms with Crippen LogP contribution in [0.3, 0.4) is 0 Å². The molecule has 1 aromatic rings. The summed E-state index contributed by atoms with van der Waals surface area (Å²) in [5.74, 6) is -1.33. The van der Waals surface area contributed by atoms with Crippen molar-refractivity contribution in [3.63, 3.8) is 0 Å². The fourth-order valence-electron chi connectivity index (χ4n) is 1.30. The van der Waals surface area contributed by atoms with Crippen molar-refractivity contribution in [2.75, 3.05) is 11.1 Å². The maximum atomic E-state index is 11.8. The topological polar surface area (TPSA) is 105 Å². The summed E-state index contributed by atoms with van der Waals surface area (Å²) in [6.45, 7) is 3.36. The Kier molecular flexibility index (Phi) is 5.79. The molecule has 110 valence electrons. The molecule has 0 aliphatic heterocycles.